The Morgan fingerprint density at radius 3 is 2.31 bits per heavy atom. The largest absolute Gasteiger partial charge is 0.268 e. The fraction of sp³-hybridized carbons (Fsp3) is 0. The number of nitrogens with zero attached hydrogens (tertiary/aromatic N) is 1. The molecule has 0 bridgehead atoms. The number of aromatic nitrogens is 1. The van der Waals surface area contributed by atoms with Gasteiger partial charge >= 0.3 is 0 Å². The van der Waals surface area contributed by atoms with Gasteiger partial charge in [0.15, 0.2) is 0 Å². The highest BCUT2D eigenvalue weighted by molar-refractivity contribution is 14.1. The van der Waals surface area contributed by atoms with Crippen molar-refractivity contribution >= 4 is 48.5 Å². The zero-order chi connectivity index (χ0) is 11.8. The maximum atomic E-state index is 12.2. The molecule has 0 radical (unpaired) electrons. The van der Waals surface area contributed by atoms with Gasteiger partial charge in [-0.1, -0.05) is 18.2 Å². The van der Waals surface area contributed by atoms with Gasteiger partial charge in [0.2, 0.25) is 0 Å². The minimum Gasteiger partial charge on any atom is -0.235 e. The molecule has 0 unspecified atom stereocenters. The van der Waals surface area contributed by atoms with E-state index in [1.54, 1.807) is 42.6 Å². The molecule has 6 heteroatoms. The standard InChI is InChI=1S/C10H7BrINO2S/c11-8-6-10(12)13(7-8)16(14,15)9-4-2-1-3-5-9/h1-7H. The summed E-state index contributed by atoms with van der Waals surface area (Å²) in [5, 5.41) is 0. The van der Waals surface area contributed by atoms with E-state index in [4.69, 9.17) is 0 Å². The summed E-state index contributed by atoms with van der Waals surface area (Å²) in [5.41, 5.74) is 0. The molecule has 1 aromatic carbocycles. The second kappa shape index (κ2) is 4.50. The molecule has 0 aliphatic rings. The Hall–Kier alpha value is -0.340. The van der Waals surface area contributed by atoms with Gasteiger partial charge in [-0.2, -0.15) is 0 Å². The van der Waals surface area contributed by atoms with E-state index in [2.05, 4.69) is 15.9 Å². The molecule has 1 heterocycles. The lowest BCUT2D eigenvalue weighted by Gasteiger charge is -2.06. The first-order chi connectivity index (χ1) is 7.51. The molecule has 0 saturated carbocycles. The first kappa shape index (κ1) is 12.1. The number of hydrogen-bond donors (Lipinski definition) is 0. The van der Waals surface area contributed by atoms with E-state index >= 15 is 0 Å². The molecule has 0 atom stereocenters. The zero-order valence-electron chi connectivity index (χ0n) is 7.97. The number of halogens is 2. The Morgan fingerprint density at radius 2 is 1.81 bits per heavy atom. The maximum Gasteiger partial charge on any atom is 0.268 e. The molecule has 0 aliphatic heterocycles. The second-order valence-corrected chi connectivity index (χ2v) is 6.93. The predicted octanol–water partition coefficient (Wildman–Crippen LogP) is 3.09. The molecule has 2 rings (SSSR count). The van der Waals surface area contributed by atoms with Gasteiger partial charge in [0.1, 0.15) is 0 Å². The highest BCUT2D eigenvalue weighted by atomic mass is 127. The third kappa shape index (κ3) is 2.18. The molecular formula is C10H7BrINO2S. The van der Waals surface area contributed by atoms with Crippen LogP contribution in [0, 0.1) is 3.70 Å². The quantitative estimate of drug-likeness (QED) is 0.712. The lowest BCUT2D eigenvalue weighted by Crippen LogP contribution is -2.13. The summed E-state index contributed by atoms with van der Waals surface area (Å²) in [5.74, 6) is 0. The summed E-state index contributed by atoms with van der Waals surface area (Å²) >= 11 is 5.24. The summed E-state index contributed by atoms with van der Waals surface area (Å²) < 4.78 is 27.1. The molecular weight excluding hydrogens is 405 g/mol. The van der Waals surface area contributed by atoms with Crippen LogP contribution in [-0.2, 0) is 10.0 Å². The Morgan fingerprint density at radius 1 is 1.19 bits per heavy atom. The summed E-state index contributed by atoms with van der Waals surface area (Å²) in [4.78, 5) is 0.288. The van der Waals surface area contributed by atoms with E-state index in [0.29, 0.717) is 3.70 Å². The second-order valence-electron chi connectivity index (χ2n) is 3.09. The Bertz CT molecular complexity index is 607. The topological polar surface area (TPSA) is 39.1 Å². The zero-order valence-corrected chi connectivity index (χ0v) is 12.5. The Balaban J connectivity index is 2.61. The molecule has 84 valence electrons. The van der Waals surface area contributed by atoms with Crippen molar-refractivity contribution in [2.24, 2.45) is 0 Å². The van der Waals surface area contributed by atoms with E-state index < -0.39 is 10.0 Å². The summed E-state index contributed by atoms with van der Waals surface area (Å²) in [7, 11) is -3.47. The van der Waals surface area contributed by atoms with E-state index in [9.17, 15) is 8.42 Å². The van der Waals surface area contributed by atoms with Crippen molar-refractivity contribution in [2.75, 3.05) is 0 Å². The monoisotopic (exact) mass is 411 g/mol. The van der Waals surface area contributed by atoms with Crippen LogP contribution in [0.15, 0.2) is 52.0 Å². The first-order valence-corrected chi connectivity index (χ1v) is 7.67. The summed E-state index contributed by atoms with van der Waals surface area (Å²) in [6, 6.07) is 10.1. The van der Waals surface area contributed by atoms with Crippen molar-refractivity contribution in [3.8, 4) is 0 Å². The smallest absolute Gasteiger partial charge is 0.235 e. The minimum absolute atomic E-state index is 0.288. The third-order valence-corrected chi connectivity index (χ3v) is 5.29. The molecule has 0 amide bonds. The van der Waals surface area contributed by atoms with Crippen LogP contribution in [0.4, 0.5) is 0 Å². The SMILES string of the molecule is O=S(=O)(c1ccccc1)n1cc(Br)cc1I. The molecule has 0 saturated heterocycles. The molecule has 0 fully saturated rings. The highest BCUT2D eigenvalue weighted by Gasteiger charge is 2.18. The lowest BCUT2D eigenvalue weighted by atomic mass is 10.4. The molecule has 3 nitrogen and oxygen atoms in total. The summed E-state index contributed by atoms with van der Waals surface area (Å²) in [6.07, 6.45) is 1.55. The number of rotatable bonds is 2. The van der Waals surface area contributed by atoms with Gasteiger partial charge < -0.3 is 0 Å². The van der Waals surface area contributed by atoms with Crippen LogP contribution in [-0.4, -0.2) is 12.4 Å². The molecule has 1 aromatic heterocycles. The van der Waals surface area contributed by atoms with Gasteiger partial charge in [-0.15, -0.1) is 0 Å². The van der Waals surface area contributed by atoms with Crippen molar-refractivity contribution in [1.29, 1.82) is 0 Å². The van der Waals surface area contributed by atoms with Crippen molar-refractivity contribution in [3.63, 3.8) is 0 Å². The molecule has 0 aliphatic carbocycles. The Kier molecular flexibility index (Phi) is 3.41. The van der Waals surface area contributed by atoms with Crippen LogP contribution in [0.25, 0.3) is 0 Å². The van der Waals surface area contributed by atoms with Crippen LogP contribution >= 0.6 is 38.5 Å². The van der Waals surface area contributed by atoms with Gasteiger partial charge in [-0.25, -0.2) is 12.4 Å². The lowest BCUT2D eigenvalue weighted by molar-refractivity contribution is 0.586. The van der Waals surface area contributed by atoms with Crippen LogP contribution < -0.4 is 0 Å². The molecule has 16 heavy (non-hydrogen) atoms. The van der Waals surface area contributed by atoms with Crippen molar-refractivity contribution in [3.05, 3.63) is 50.8 Å². The third-order valence-electron chi connectivity index (χ3n) is 2.01. The average molecular weight is 412 g/mol. The van der Waals surface area contributed by atoms with Gasteiger partial charge in [-0.05, 0) is 56.7 Å². The molecule has 2 aromatic rings. The van der Waals surface area contributed by atoms with E-state index in [1.807, 2.05) is 22.6 Å². The van der Waals surface area contributed by atoms with Crippen molar-refractivity contribution in [1.82, 2.24) is 3.97 Å². The van der Waals surface area contributed by atoms with Crippen LogP contribution in [0.3, 0.4) is 0 Å². The van der Waals surface area contributed by atoms with Crippen molar-refractivity contribution in [2.45, 2.75) is 4.90 Å². The fourth-order valence-electron chi connectivity index (χ4n) is 1.28. The van der Waals surface area contributed by atoms with Gasteiger partial charge in [-0.3, -0.25) is 0 Å². The number of hydrogen-bond acceptors (Lipinski definition) is 2. The highest BCUT2D eigenvalue weighted by Crippen LogP contribution is 2.22. The van der Waals surface area contributed by atoms with Gasteiger partial charge in [0.05, 0.1) is 8.60 Å². The average Bonchev–Trinajstić information content (AvgIpc) is 2.60. The van der Waals surface area contributed by atoms with Gasteiger partial charge in [0, 0.05) is 10.7 Å². The molecule has 0 N–H and O–H groups in total. The number of benzene rings is 1. The van der Waals surface area contributed by atoms with Crippen LogP contribution in [0.2, 0.25) is 0 Å². The maximum absolute atomic E-state index is 12.2. The van der Waals surface area contributed by atoms with Gasteiger partial charge in [0.25, 0.3) is 10.0 Å². The van der Waals surface area contributed by atoms with Crippen molar-refractivity contribution < 1.29 is 8.42 Å². The van der Waals surface area contributed by atoms with E-state index in [0.717, 1.165) is 4.47 Å². The Labute approximate surface area is 116 Å². The normalized spacial score (nSPS) is 11.6. The first-order valence-electron chi connectivity index (χ1n) is 4.36. The summed E-state index contributed by atoms with van der Waals surface area (Å²) in [6.45, 7) is 0. The fourth-order valence-corrected chi connectivity index (χ4v) is 4.78. The predicted molar refractivity (Wildman–Crippen MR) is 73.9 cm³/mol. The van der Waals surface area contributed by atoms with Crippen LogP contribution in [0.5, 0.6) is 0 Å². The minimum atomic E-state index is -3.47. The molecule has 0 spiro atoms. The van der Waals surface area contributed by atoms with E-state index in [1.165, 1.54) is 3.97 Å². The van der Waals surface area contributed by atoms with E-state index in [-0.39, 0.29) is 4.90 Å². The van der Waals surface area contributed by atoms with Crippen LogP contribution in [0.1, 0.15) is 0 Å².